The number of primary amides is 2. The van der Waals surface area contributed by atoms with Crippen molar-refractivity contribution < 1.29 is 96.2 Å². The molecule has 0 aliphatic heterocycles. The highest BCUT2D eigenvalue weighted by atomic mass is 16.7. The molecule has 0 fully saturated rings. The molecule has 4 atom stereocenters. The van der Waals surface area contributed by atoms with Crippen LogP contribution >= 0.6 is 0 Å². The van der Waals surface area contributed by atoms with Gasteiger partial charge in [-0.25, -0.2) is 28.8 Å². The number of non-ortho nitro benzene ring substituents is 3. The molecule has 12 N–H and O–H groups in total. The fourth-order valence-corrected chi connectivity index (χ4v) is 8.57. The lowest BCUT2D eigenvalue weighted by Gasteiger charge is -2.27. The van der Waals surface area contributed by atoms with Gasteiger partial charge in [0.1, 0.15) is 47.1 Å². The Balaban J connectivity index is 0.000000423. The predicted octanol–water partition coefficient (Wildman–Crippen LogP) is 9.50. The molecule has 0 radical (unpaired) electrons. The zero-order valence-electron chi connectivity index (χ0n) is 57.8. The van der Waals surface area contributed by atoms with E-state index >= 15 is 0 Å². The molecule has 0 unspecified atom stereocenters. The van der Waals surface area contributed by atoms with Crippen LogP contribution in [0, 0.1) is 48.1 Å². The van der Waals surface area contributed by atoms with Gasteiger partial charge in [-0.2, -0.15) is 0 Å². The van der Waals surface area contributed by atoms with Crippen LogP contribution in [0.25, 0.3) is 0 Å². The first-order valence-corrected chi connectivity index (χ1v) is 31.6. The lowest BCUT2D eigenvalue weighted by molar-refractivity contribution is -0.385. The largest absolute Gasteiger partial charge is 0.519 e. The molecule has 5 aromatic carbocycles. The molecule has 0 saturated carbocycles. The number of ether oxygens (including phenoxy) is 6. The fraction of sp³-hybridized carbons (Fsp3) is 0.403. The maximum absolute atomic E-state index is 13.3. The van der Waals surface area contributed by atoms with E-state index in [4.69, 9.17) is 45.0 Å². The highest BCUT2D eigenvalue weighted by Gasteiger charge is 2.33. The smallest absolute Gasteiger partial charge is 0.444 e. The van der Waals surface area contributed by atoms with Crippen LogP contribution in [-0.2, 0) is 46.6 Å². The number of carbonyl (C=O) groups excluding carboxylic acids is 10. The van der Waals surface area contributed by atoms with Gasteiger partial charge in [0.2, 0.25) is 17.7 Å². The molecule has 0 bridgehead atoms. The summed E-state index contributed by atoms with van der Waals surface area (Å²) in [5.41, 5.74) is 10.4. The van der Waals surface area contributed by atoms with Gasteiger partial charge in [-0.05, 0) is 151 Å². The van der Waals surface area contributed by atoms with E-state index in [-0.39, 0.29) is 97.5 Å². The number of hydrogen-bond acceptors (Lipinski definition) is 23. The van der Waals surface area contributed by atoms with Crippen molar-refractivity contribution in [2.45, 2.75) is 144 Å². The summed E-state index contributed by atoms with van der Waals surface area (Å²) < 4.78 is 30.2. The van der Waals surface area contributed by atoms with E-state index < -0.39 is 104 Å². The summed E-state index contributed by atoms with van der Waals surface area (Å²) in [6.45, 7) is 17.5. The standard InChI is InChI=1S/C31H41N5O10.C23H37N5O6.C13H8N2O7/c1-19(2)26(35-29(40)46-31(3,4)5)25(37)17-21(7-6-16-33-28(32)39)27(38)34-22-10-8-20(9-11-22)18-44-30(41)45-24-14-12-23(13-15-24)36(42)43;1-14(2)18(28-22(33)34-23(3,4)5)20(31)27-17(7-6-12-25-21(24)32)19(30)26-16-10-8-15(13-29)9-11-16;16-13(21-11-5-1-9(2-6-11)14(17)18)22-12-7-3-10(4-8-12)15(19)20/h8-15,19,21,26H,6-7,16-18H2,1-5H3,(H,34,38)(H,35,40)(H3,32,33,39);8-11,14,17-18,29H,6-7,12-13H2,1-5H3,(H,26,30)(H,27,31)(H,28,33)(H3,24,25,32);1-8H/t21-,26+;17-,18-;/m10./s1. The Labute approximate surface area is 586 Å². The molecule has 9 amide bonds. The number of aliphatic hydroxyl groups is 1. The SMILES string of the molecule is CC(C)[C@H](NC(=O)OC(C)(C)C)C(=O)C[C@@H](CCCNC(N)=O)C(=O)Nc1ccc(COC(=O)Oc2ccc([N+](=O)[O-])cc2)cc1.CC(C)[C@H](NC(=O)OC(C)(C)C)C(=O)N[C@@H](CCCNC(N)=O)C(=O)Nc1ccc(CO)cc1.O=C(Oc1ccc([N+](=O)[O-])cc1)Oc1ccc([N+](=O)[O-])cc1. The van der Waals surface area contributed by atoms with Gasteiger partial charge in [-0.15, -0.1) is 0 Å². The number of Topliss-reactive ketones (excluding diaryl/α,β-unsaturated/α-hetero) is 1. The zero-order valence-corrected chi connectivity index (χ0v) is 57.8. The Morgan fingerprint density at radius 2 is 0.853 bits per heavy atom. The number of rotatable bonds is 30. The van der Waals surface area contributed by atoms with E-state index in [0.29, 0.717) is 35.3 Å². The number of anilines is 2. The van der Waals surface area contributed by atoms with Gasteiger partial charge in [0.05, 0.1) is 27.4 Å². The van der Waals surface area contributed by atoms with Crippen molar-refractivity contribution in [3.8, 4) is 17.2 Å². The summed E-state index contributed by atoms with van der Waals surface area (Å²) in [5.74, 6) is -2.94. The van der Waals surface area contributed by atoms with Gasteiger partial charge in [-0.3, -0.25) is 49.5 Å². The third-order valence-corrected chi connectivity index (χ3v) is 13.5. The fourth-order valence-electron chi connectivity index (χ4n) is 8.57. The molecular weight excluding hydrogens is 1340 g/mol. The number of nitrogens with two attached hydrogens (primary N) is 2. The molecule has 0 aliphatic rings. The minimum atomic E-state index is -1.07. The molecule has 5 aromatic rings. The maximum atomic E-state index is 13.3. The summed E-state index contributed by atoms with van der Waals surface area (Å²) in [4.78, 5) is 153. The first-order valence-electron chi connectivity index (χ1n) is 31.6. The molecule has 0 aromatic heterocycles. The minimum Gasteiger partial charge on any atom is -0.444 e. The van der Waals surface area contributed by atoms with Crippen LogP contribution < -0.4 is 62.9 Å². The van der Waals surface area contributed by atoms with Crippen molar-refractivity contribution in [1.82, 2.24) is 26.6 Å². The Morgan fingerprint density at radius 1 is 0.480 bits per heavy atom. The molecule has 0 aliphatic carbocycles. The van der Waals surface area contributed by atoms with Crippen LogP contribution in [0.15, 0.2) is 121 Å². The Hall–Kier alpha value is -12.0. The first kappa shape index (κ1) is 84.2. The van der Waals surface area contributed by atoms with Gasteiger partial charge in [-0.1, -0.05) is 52.0 Å². The lowest BCUT2D eigenvalue weighted by Crippen LogP contribution is -2.55. The highest BCUT2D eigenvalue weighted by molar-refractivity contribution is 5.99. The third kappa shape index (κ3) is 33.5. The van der Waals surface area contributed by atoms with Gasteiger partial charge in [0.15, 0.2) is 5.78 Å². The molecule has 0 saturated heterocycles. The molecule has 0 heterocycles. The van der Waals surface area contributed by atoms with E-state index in [2.05, 4.69) is 37.2 Å². The average Bonchev–Trinajstić information content (AvgIpc) is 0.873. The van der Waals surface area contributed by atoms with Crippen molar-refractivity contribution in [3.05, 3.63) is 163 Å². The van der Waals surface area contributed by atoms with Crippen molar-refractivity contribution in [2.24, 2.45) is 29.2 Å². The molecule has 552 valence electrons. The average molecular weight is 1430 g/mol. The topological polar surface area (TPSA) is 512 Å². The second-order valence-electron chi connectivity index (χ2n) is 24.9. The first-order chi connectivity index (χ1) is 47.8. The second-order valence-corrected chi connectivity index (χ2v) is 24.9. The number of ketones is 1. The van der Waals surface area contributed by atoms with E-state index in [1.807, 2.05) is 0 Å². The number of nitrogens with one attached hydrogen (secondary N) is 7. The molecule has 0 spiro atoms. The molecule has 35 heteroatoms. The van der Waals surface area contributed by atoms with Gasteiger partial charge >= 0.3 is 36.6 Å². The Morgan fingerprint density at radius 3 is 1.23 bits per heavy atom. The molecule has 35 nitrogen and oxygen atoms in total. The van der Waals surface area contributed by atoms with E-state index in [1.165, 1.54) is 72.8 Å². The van der Waals surface area contributed by atoms with E-state index in [0.717, 1.165) is 0 Å². The van der Waals surface area contributed by atoms with Crippen LogP contribution in [0.5, 0.6) is 17.2 Å². The predicted molar refractivity (Wildman–Crippen MR) is 367 cm³/mol. The number of carbonyl (C=O) groups is 10. The highest BCUT2D eigenvalue weighted by Crippen LogP contribution is 2.24. The second kappa shape index (κ2) is 41.4. The molecule has 5 rings (SSSR count). The van der Waals surface area contributed by atoms with Crippen LogP contribution in [0.3, 0.4) is 0 Å². The summed E-state index contributed by atoms with van der Waals surface area (Å²) in [6.07, 6.45) is -2.53. The van der Waals surface area contributed by atoms with Crippen LogP contribution in [0.1, 0.15) is 112 Å². The quantitative estimate of drug-likeness (QED) is 0.00510. The van der Waals surface area contributed by atoms with Crippen LogP contribution in [-0.4, -0.2) is 122 Å². The number of nitro groups is 3. The normalized spacial score (nSPS) is 12.0. The monoisotopic (exact) mass is 1430 g/mol. The van der Waals surface area contributed by atoms with E-state index in [9.17, 15) is 78.3 Å². The van der Waals surface area contributed by atoms with Crippen molar-refractivity contribution in [1.29, 1.82) is 0 Å². The molecular formula is C67H86N12O23. The van der Waals surface area contributed by atoms with Crippen LogP contribution in [0.2, 0.25) is 0 Å². The van der Waals surface area contributed by atoms with Crippen LogP contribution in [0.4, 0.5) is 57.2 Å². The summed E-state index contributed by atoms with van der Waals surface area (Å²) in [6, 6.07) is 23.5. The number of benzene rings is 5. The summed E-state index contributed by atoms with van der Waals surface area (Å²) in [7, 11) is 0. The van der Waals surface area contributed by atoms with Crippen molar-refractivity contribution in [3.63, 3.8) is 0 Å². The number of hydrogen-bond donors (Lipinski definition) is 10. The van der Waals surface area contributed by atoms with Crippen molar-refractivity contribution >= 4 is 88.5 Å². The van der Waals surface area contributed by atoms with Gasteiger partial charge < -0.3 is 82.2 Å². The summed E-state index contributed by atoms with van der Waals surface area (Å²) in [5, 5.41) is 59.1. The number of urea groups is 2. The Bertz CT molecular complexity index is 3600. The van der Waals surface area contributed by atoms with Gasteiger partial charge in [0, 0.05) is 73.2 Å². The lowest BCUT2D eigenvalue weighted by atomic mass is 9.89. The summed E-state index contributed by atoms with van der Waals surface area (Å²) >= 11 is 0. The zero-order chi connectivity index (χ0) is 76.4. The number of amides is 9. The number of aliphatic hydroxyl groups excluding tert-OH is 1. The van der Waals surface area contributed by atoms with Crippen molar-refractivity contribution in [2.75, 3.05) is 23.7 Å². The maximum Gasteiger partial charge on any atom is 0.519 e. The third-order valence-electron chi connectivity index (χ3n) is 13.5. The Kier molecular flexibility index (Phi) is 34.2. The van der Waals surface area contributed by atoms with Gasteiger partial charge in [0.25, 0.3) is 17.1 Å². The number of nitro benzene ring substituents is 3. The molecule has 102 heavy (non-hydrogen) atoms. The number of nitrogens with zero attached hydrogens (tertiary/aromatic N) is 3. The van der Waals surface area contributed by atoms with E-state index in [1.54, 1.807) is 118 Å². The number of alkyl carbamates (subject to hydrolysis) is 2. The minimum absolute atomic E-state index is 0.0671.